The Labute approximate surface area is 173 Å². The van der Waals surface area contributed by atoms with Crippen molar-refractivity contribution in [2.45, 2.75) is 26.9 Å². The Balaban J connectivity index is 1.95. The van der Waals surface area contributed by atoms with Gasteiger partial charge in [0.1, 0.15) is 5.75 Å². The number of hydrogen-bond donors (Lipinski definition) is 1. The SMILES string of the molecule is Cc1cccc(N2C(=O)/C(=C\c3ccccc3OC(C)C(=O)O)SC2=S)c1C. The molecule has 1 heterocycles. The van der Waals surface area contributed by atoms with Crippen molar-refractivity contribution in [2.75, 3.05) is 4.90 Å². The highest BCUT2D eigenvalue weighted by molar-refractivity contribution is 8.27. The van der Waals surface area contributed by atoms with Crippen molar-refractivity contribution in [2.24, 2.45) is 0 Å². The molecule has 0 radical (unpaired) electrons. The smallest absolute Gasteiger partial charge is 0.344 e. The maximum atomic E-state index is 13.0. The van der Waals surface area contributed by atoms with Crippen LogP contribution in [-0.2, 0) is 9.59 Å². The molecule has 0 spiro atoms. The Hall–Kier alpha value is -2.64. The number of thiocarbonyl (C=S) groups is 1. The molecule has 7 heteroatoms. The molecule has 1 fully saturated rings. The number of benzene rings is 2. The maximum Gasteiger partial charge on any atom is 0.344 e. The Morgan fingerprint density at radius 2 is 1.93 bits per heavy atom. The van der Waals surface area contributed by atoms with Gasteiger partial charge < -0.3 is 9.84 Å². The van der Waals surface area contributed by atoms with Crippen LogP contribution < -0.4 is 9.64 Å². The first-order chi connectivity index (χ1) is 13.3. The quantitative estimate of drug-likeness (QED) is 0.573. The van der Waals surface area contributed by atoms with Crippen LogP contribution in [-0.4, -0.2) is 27.4 Å². The van der Waals surface area contributed by atoms with Crippen LogP contribution in [0.1, 0.15) is 23.6 Å². The molecule has 5 nitrogen and oxygen atoms in total. The van der Waals surface area contributed by atoms with E-state index in [9.17, 15) is 9.59 Å². The maximum absolute atomic E-state index is 13.0. The van der Waals surface area contributed by atoms with Gasteiger partial charge in [0, 0.05) is 5.56 Å². The average molecular weight is 414 g/mol. The molecule has 2 aromatic rings. The van der Waals surface area contributed by atoms with E-state index in [1.807, 2.05) is 32.0 Å². The number of amides is 1. The molecule has 2 aromatic carbocycles. The number of carbonyl (C=O) groups excluding carboxylic acids is 1. The molecule has 1 aliphatic rings. The minimum absolute atomic E-state index is 0.204. The second-order valence-electron chi connectivity index (χ2n) is 6.37. The number of carboxylic acid groups (broad SMARTS) is 1. The molecule has 0 aliphatic carbocycles. The van der Waals surface area contributed by atoms with Crippen LogP contribution in [0.3, 0.4) is 0 Å². The molecule has 1 saturated heterocycles. The predicted octanol–water partition coefficient (Wildman–Crippen LogP) is 4.56. The molecule has 0 bridgehead atoms. The fourth-order valence-corrected chi connectivity index (χ4v) is 4.02. The molecular formula is C21H19NO4S2. The molecule has 0 aromatic heterocycles. The standard InChI is InChI=1S/C21H19NO4S2/c1-12-7-6-9-16(13(12)2)22-19(23)18(28-21(22)27)11-15-8-4-5-10-17(15)26-14(3)20(24)25/h4-11,14H,1-3H3,(H,24,25)/b18-11+. The summed E-state index contributed by atoms with van der Waals surface area (Å²) in [5.74, 6) is -0.866. The summed E-state index contributed by atoms with van der Waals surface area (Å²) in [5, 5.41) is 9.08. The van der Waals surface area contributed by atoms with Crippen LogP contribution in [0.15, 0.2) is 47.4 Å². The minimum Gasteiger partial charge on any atom is -0.479 e. The van der Waals surface area contributed by atoms with E-state index < -0.39 is 12.1 Å². The summed E-state index contributed by atoms with van der Waals surface area (Å²) in [4.78, 5) is 26.1. The van der Waals surface area contributed by atoms with E-state index in [2.05, 4.69) is 0 Å². The Kier molecular flexibility index (Phi) is 5.86. The molecule has 28 heavy (non-hydrogen) atoms. The Morgan fingerprint density at radius 1 is 1.21 bits per heavy atom. The third kappa shape index (κ3) is 3.95. The van der Waals surface area contributed by atoms with Crippen LogP contribution in [0, 0.1) is 13.8 Å². The van der Waals surface area contributed by atoms with Gasteiger partial charge in [-0.2, -0.15) is 0 Å². The summed E-state index contributed by atoms with van der Waals surface area (Å²) in [5.41, 5.74) is 3.47. The van der Waals surface area contributed by atoms with Crippen LogP contribution in [0.2, 0.25) is 0 Å². The molecule has 1 aliphatic heterocycles. The van der Waals surface area contributed by atoms with Crippen LogP contribution in [0.5, 0.6) is 5.75 Å². The zero-order chi connectivity index (χ0) is 20.4. The number of nitrogens with zero attached hydrogens (tertiary/aromatic N) is 1. The van der Waals surface area contributed by atoms with Crippen molar-refractivity contribution in [3.05, 3.63) is 64.1 Å². The summed E-state index contributed by atoms with van der Waals surface area (Å²) in [6, 6.07) is 12.8. The lowest BCUT2D eigenvalue weighted by Crippen LogP contribution is -2.28. The van der Waals surface area contributed by atoms with Gasteiger partial charge in [-0.1, -0.05) is 54.3 Å². The lowest BCUT2D eigenvalue weighted by atomic mass is 10.1. The van der Waals surface area contributed by atoms with Gasteiger partial charge in [-0.25, -0.2) is 4.79 Å². The van der Waals surface area contributed by atoms with Gasteiger partial charge in [-0.3, -0.25) is 9.69 Å². The molecule has 1 atom stereocenters. The lowest BCUT2D eigenvalue weighted by molar-refractivity contribution is -0.144. The van der Waals surface area contributed by atoms with E-state index in [4.69, 9.17) is 22.1 Å². The third-order valence-electron chi connectivity index (χ3n) is 4.47. The monoisotopic (exact) mass is 413 g/mol. The zero-order valence-corrected chi connectivity index (χ0v) is 17.3. The summed E-state index contributed by atoms with van der Waals surface area (Å²) < 4.78 is 5.97. The van der Waals surface area contributed by atoms with Crippen molar-refractivity contribution in [3.8, 4) is 5.75 Å². The number of ether oxygens (including phenoxy) is 1. The summed E-state index contributed by atoms with van der Waals surface area (Å²) in [6.07, 6.45) is 0.688. The van der Waals surface area contributed by atoms with Crippen molar-refractivity contribution < 1.29 is 19.4 Å². The van der Waals surface area contributed by atoms with Crippen LogP contribution in [0.25, 0.3) is 6.08 Å². The van der Waals surface area contributed by atoms with Gasteiger partial charge in [-0.15, -0.1) is 0 Å². The number of para-hydroxylation sites is 1. The van der Waals surface area contributed by atoms with Gasteiger partial charge in [0.15, 0.2) is 10.4 Å². The molecule has 1 amide bonds. The predicted molar refractivity (Wildman–Crippen MR) is 116 cm³/mol. The molecule has 0 saturated carbocycles. The van der Waals surface area contributed by atoms with Gasteiger partial charge in [-0.05, 0) is 50.1 Å². The lowest BCUT2D eigenvalue weighted by Gasteiger charge is -2.18. The normalized spacial score (nSPS) is 16.5. The molecule has 1 unspecified atom stereocenters. The summed E-state index contributed by atoms with van der Waals surface area (Å²) in [6.45, 7) is 5.41. The number of rotatable bonds is 5. The summed E-state index contributed by atoms with van der Waals surface area (Å²) in [7, 11) is 0. The Morgan fingerprint density at radius 3 is 2.64 bits per heavy atom. The average Bonchev–Trinajstić information content (AvgIpc) is 2.92. The first-order valence-electron chi connectivity index (χ1n) is 8.62. The van der Waals surface area contributed by atoms with Gasteiger partial charge >= 0.3 is 5.97 Å². The topological polar surface area (TPSA) is 66.8 Å². The van der Waals surface area contributed by atoms with Gasteiger partial charge in [0.25, 0.3) is 5.91 Å². The number of hydrogen-bond acceptors (Lipinski definition) is 5. The second-order valence-corrected chi connectivity index (χ2v) is 8.05. The second kappa shape index (κ2) is 8.16. The van der Waals surface area contributed by atoms with E-state index in [1.165, 1.54) is 23.6 Å². The van der Waals surface area contributed by atoms with Crippen molar-refractivity contribution in [1.29, 1.82) is 0 Å². The molecule has 3 rings (SSSR count). The highest BCUT2D eigenvalue weighted by atomic mass is 32.2. The highest BCUT2D eigenvalue weighted by Gasteiger charge is 2.34. The number of anilines is 1. The number of carboxylic acids is 1. The van der Waals surface area contributed by atoms with E-state index in [0.717, 1.165) is 16.8 Å². The Bertz CT molecular complexity index is 1000. The number of carbonyl (C=O) groups is 2. The number of aryl methyl sites for hydroxylation is 1. The van der Waals surface area contributed by atoms with E-state index in [0.29, 0.717) is 20.5 Å². The van der Waals surface area contributed by atoms with Gasteiger partial charge in [0.05, 0.1) is 10.6 Å². The fraction of sp³-hybridized carbons (Fsp3) is 0.190. The molecule has 1 N–H and O–H groups in total. The number of aliphatic carboxylic acids is 1. The van der Waals surface area contributed by atoms with Crippen molar-refractivity contribution in [1.82, 2.24) is 0 Å². The van der Waals surface area contributed by atoms with E-state index in [1.54, 1.807) is 30.3 Å². The highest BCUT2D eigenvalue weighted by Crippen LogP contribution is 2.38. The van der Waals surface area contributed by atoms with Crippen LogP contribution >= 0.6 is 24.0 Å². The first-order valence-corrected chi connectivity index (χ1v) is 9.84. The zero-order valence-electron chi connectivity index (χ0n) is 15.6. The first kappa shape index (κ1) is 20.1. The third-order valence-corrected chi connectivity index (χ3v) is 5.77. The van der Waals surface area contributed by atoms with E-state index >= 15 is 0 Å². The van der Waals surface area contributed by atoms with Crippen LogP contribution in [0.4, 0.5) is 5.69 Å². The van der Waals surface area contributed by atoms with E-state index in [-0.39, 0.29) is 5.91 Å². The molecular weight excluding hydrogens is 394 g/mol. The summed E-state index contributed by atoms with van der Waals surface area (Å²) >= 11 is 6.67. The number of thioether (sulfide) groups is 1. The molecule has 144 valence electrons. The largest absolute Gasteiger partial charge is 0.479 e. The van der Waals surface area contributed by atoms with Crippen molar-refractivity contribution >= 4 is 51.9 Å². The van der Waals surface area contributed by atoms with Gasteiger partial charge in [0.2, 0.25) is 0 Å². The van der Waals surface area contributed by atoms with Crippen molar-refractivity contribution in [3.63, 3.8) is 0 Å². The fourth-order valence-electron chi connectivity index (χ4n) is 2.74. The minimum atomic E-state index is -1.06.